The molecule has 2 amide bonds. The summed E-state index contributed by atoms with van der Waals surface area (Å²) < 4.78 is 25.7. The minimum Gasteiger partial charge on any atom is -0.326 e. The van der Waals surface area contributed by atoms with Gasteiger partial charge in [-0.25, -0.2) is 13.1 Å². The van der Waals surface area contributed by atoms with Crippen molar-refractivity contribution in [1.29, 1.82) is 0 Å². The Bertz CT molecular complexity index is 1100. The largest absolute Gasteiger partial charge is 0.326 e. The first-order chi connectivity index (χ1) is 14.2. The summed E-state index contributed by atoms with van der Waals surface area (Å²) in [7, 11) is -3.38. The minimum absolute atomic E-state index is 0.214. The summed E-state index contributed by atoms with van der Waals surface area (Å²) in [5.41, 5.74) is 2.82. The number of sulfonamides is 1. The van der Waals surface area contributed by atoms with Crippen molar-refractivity contribution >= 4 is 39.3 Å². The minimum atomic E-state index is -3.38. The number of nitrogens with one attached hydrogen (secondary N) is 2. The summed E-state index contributed by atoms with van der Waals surface area (Å²) in [6.07, 6.45) is 3.83. The number of carbonyl (C=O) groups excluding carboxylic acids is 2. The maximum atomic E-state index is 13.3. The van der Waals surface area contributed by atoms with Crippen LogP contribution in [0.15, 0.2) is 47.4 Å². The fourth-order valence-corrected chi connectivity index (χ4v) is 5.26. The number of amides is 2. The number of piperidine rings is 1. The van der Waals surface area contributed by atoms with E-state index in [-0.39, 0.29) is 24.3 Å². The van der Waals surface area contributed by atoms with Crippen LogP contribution in [-0.2, 0) is 14.8 Å². The highest BCUT2D eigenvalue weighted by atomic mass is 32.2. The Morgan fingerprint density at radius 1 is 1.10 bits per heavy atom. The second-order valence-electron chi connectivity index (χ2n) is 7.60. The number of rotatable bonds is 4. The van der Waals surface area contributed by atoms with E-state index < -0.39 is 16.1 Å². The van der Waals surface area contributed by atoms with E-state index in [0.717, 1.165) is 22.3 Å². The van der Waals surface area contributed by atoms with E-state index in [4.69, 9.17) is 0 Å². The third-order valence-electron chi connectivity index (χ3n) is 5.48. The van der Waals surface area contributed by atoms with Gasteiger partial charge < -0.3 is 10.2 Å². The number of anilines is 1. The van der Waals surface area contributed by atoms with E-state index in [0.29, 0.717) is 24.2 Å². The van der Waals surface area contributed by atoms with Crippen molar-refractivity contribution in [2.75, 3.05) is 24.4 Å². The van der Waals surface area contributed by atoms with Crippen molar-refractivity contribution in [3.8, 4) is 11.1 Å². The second-order valence-corrected chi connectivity index (χ2v) is 10.3. The molecule has 2 N–H and O–H groups in total. The molecule has 0 spiro atoms. The molecule has 2 heterocycles. The molecule has 0 radical (unpaired) electrons. The average Bonchev–Trinajstić information content (AvgIpc) is 2.81. The van der Waals surface area contributed by atoms with Crippen LogP contribution in [-0.4, -0.2) is 56.3 Å². The fourth-order valence-electron chi connectivity index (χ4n) is 4.03. The predicted octanol–water partition coefficient (Wildman–Crippen LogP) is 2.55. The van der Waals surface area contributed by atoms with Gasteiger partial charge in [0.2, 0.25) is 15.9 Å². The third kappa shape index (κ3) is 4.23. The molecule has 7 nitrogen and oxygen atoms in total. The topological polar surface area (TPSA) is 95.6 Å². The fraction of sp³-hybridized carbons (Fsp3) is 0.333. The van der Waals surface area contributed by atoms with E-state index in [1.54, 1.807) is 22.7 Å². The lowest BCUT2D eigenvalue weighted by atomic mass is 9.96. The van der Waals surface area contributed by atoms with E-state index in [1.165, 1.54) is 0 Å². The highest BCUT2D eigenvalue weighted by molar-refractivity contribution is 7.98. The first-order valence-electron chi connectivity index (χ1n) is 9.63. The predicted molar refractivity (Wildman–Crippen MR) is 118 cm³/mol. The Labute approximate surface area is 180 Å². The number of benzene rings is 2. The van der Waals surface area contributed by atoms with Crippen LogP contribution in [0.2, 0.25) is 0 Å². The molecule has 1 fully saturated rings. The summed E-state index contributed by atoms with van der Waals surface area (Å²) in [5, 5.41) is 2.85. The van der Waals surface area contributed by atoms with E-state index >= 15 is 0 Å². The Morgan fingerprint density at radius 2 is 1.80 bits per heavy atom. The van der Waals surface area contributed by atoms with Crippen LogP contribution in [0.1, 0.15) is 23.2 Å². The van der Waals surface area contributed by atoms with Crippen LogP contribution in [0.3, 0.4) is 0 Å². The first kappa shape index (κ1) is 20.9. The van der Waals surface area contributed by atoms with Crippen molar-refractivity contribution in [2.45, 2.75) is 29.8 Å². The zero-order chi connectivity index (χ0) is 21.5. The highest BCUT2D eigenvalue weighted by Gasteiger charge is 2.40. The SMILES string of the molecule is CSc1ccc(-c2ccc3c(c2)C(=O)N2CCC(NS(C)(=O)=O)CC2C(=O)N3)cc1. The zero-order valence-corrected chi connectivity index (χ0v) is 18.3. The van der Waals surface area contributed by atoms with E-state index in [2.05, 4.69) is 10.0 Å². The molecular weight excluding hydrogens is 422 g/mol. The molecular formula is C21H23N3O4S2. The standard InChI is InChI=1S/C21H23N3O4S2/c1-29-16-6-3-13(4-7-16)14-5-8-18-17(11-14)21(26)24-10-9-15(23-30(2,27)28)12-19(24)20(25)22-18/h3-8,11,15,19,23H,9-10,12H2,1-2H3,(H,22,25). The quantitative estimate of drug-likeness (QED) is 0.705. The molecule has 1 saturated heterocycles. The average molecular weight is 446 g/mol. The molecule has 2 aliphatic heterocycles. The van der Waals surface area contributed by atoms with Gasteiger partial charge in [-0.1, -0.05) is 18.2 Å². The number of hydrogen-bond acceptors (Lipinski definition) is 5. The van der Waals surface area contributed by atoms with Crippen molar-refractivity contribution in [3.63, 3.8) is 0 Å². The Balaban J connectivity index is 1.63. The van der Waals surface area contributed by atoms with Crippen LogP contribution >= 0.6 is 11.8 Å². The van der Waals surface area contributed by atoms with Gasteiger partial charge in [0.25, 0.3) is 5.91 Å². The van der Waals surface area contributed by atoms with Gasteiger partial charge in [0, 0.05) is 17.5 Å². The summed E-state index contributed by atoms with van der Waals surface area (Å²) >= 11 is 1.66. The molecule has 0 bridgehead atoms. The van der Waals surface area contributed by atoms with Crippen LogP contribution in [0.25, 0.3) is 11.1 Å². The van der Waals surface area contributed by atoms with Gasteiger partial charge in [0.15, 0.2) is 0 Å². The molecule has 2 atom stereocenters. The molecule has 4 rings (SSSR count). The van der Waals surface area contributed by atoms with Gasteiger partial charge in [0.1, 0.15) is 6.04 Å². The molecule has 0 aromatic heterocycles. The molecule has 2 aromatic rings. The van der Waals surface area contributed by atoms with E-state index in [1.807, 2.05) is 42.7 Å². The number of nitrogens with zero attached hydrogens (tertiary/aromatic N) is 1. The summed E-state index contributed by atoms with van der Waals surface area (Å²) in [5.74, 6) is -0.507. The number of thioether (sulfide) groups is 1. The van der Waals surface area contributed by atoms with Gasteiger partial charge in [-0.05, 0) is 54.5 Å². The van der Waals surface area contributed by atoms with Gasteiger partial charge in [-0.2, -0.15) is 0 Å². The van der Waals surface area contributed by atoms with Crippen LogP contribution in [0, 0.1) is 0 Å². The molecule has 2 aromatic carbocycles. The summed E-state index contributed by atoms with van der Waals surface area (Å²) in [6, 6.07) is 12.5. The lowest BCUT2D eigenvalue weighted by molar-refractivity contribution is -0.121. The molecule has 2 unspecified atom stereocenters. The lowest BCUT2D eigenvalue weighted by Gasteiger charge is -2.37. The Hall–Kier alpha value is -2.36. The monoisotopic (exact) mass is 445 g/mol. The van der Waals surface area contributed by atoms with Crippen LogP contribution in [0.5, 0.6) is 0 Å². The van der Waals surface area contributed by atoms with Crippen molar-refractivity contribution in [1.82, 2.24) is 9.62 Å². The van der Waals surface area contributed by atoms with Crippen LogP contribution in [0.4, 0.5) is 5.69 Å². The number of hydrogen-bond donors (Lipinski definition) is 2. The molecule has 30 heavy (non-hydrogen) atoms. The van der Waals surface area contributed by atoms with Crippen LogP contribution < -0.4 is 10.0 Å². The Kier molecular flexibility index (Phi) is 5.61. The van der Waals surface area contributed by atoms with Crippen molar-refractivity contribution in [3.05, 3.63) is 48.0 Å². The molecule has 9 heteroatoms. The van der Waals surface area contributed by atoms with Gasteiger partial charge >= 0.3 is 0 Å². The Morgan fingerprint density at radius 3 is 2.47 bits per heavy atom. The molecule has 0 aliphatic carbocycles. The first-order valence-corrected chi connectivity index (χ1v) is 12.7. The summed E-state index contributed by atoms with van der Waals surface area (Å²) in [6.45, 7) is 0.316. The molecule has 2 aliphatic rings. The normalized spacial score (nSPS) is 21.5. The van der Waals surface area contributed by atoms with Gasteiger partial charge in [-0.15, -0.1) is 11.8 Å². The van der Waals surface area contributed by atoms with Crippen molar-refractivity contribution in [2.24, 2.45) is 0 Å². The van der Waals surface area contributed by atoms with Gasteiger partial charge in [-0.3, -0.25) is 9.59 Å². The lowest BCUT2D eigenvalue weighted by Crippen LogP contribution is -2.54. The molecule has 158 valence electrons. The zero-order valence-electron chi connectivity index (χ0n) is 16.7. The number of carbonyl (C=O) groups is 2. The maximum absolute atomic E-state index is 13.3. The summed E-state index contributed by atoms with van der Waals surface area (Å²) in [4.78, 5) is 28.8. The smallest absolute Gasteiger partial charge is 0.256 e. The highest BCUT2D eigenvalue weighted by Crippen LogP contribution is 2.32. The molecule has 0 saturated carbocycles. The third-order valence-corrected chi connectivity index (χ3v) is 6.98. The van der Waals surface area contributed by atoms with E-state index in [9.17, 15) is 18.0 Å². The van der Waals surface area contributed by atoms with Gasteiger partial charge in [0.05, 0.1) is 17.5 Å². The van der Waals surface area contributed by atoms with Crippen molar-refractivity contribution < 1.29 is 18.0 Å². The maximum Gasteiger partial charge on any atom is 0.256 e. The number of fused-ring (bicyclic) bond motifs is 2. The second kappa shape index (κ2) is 8.05.